The van der Waals surface area contributed by atoms with Crippen LogP contribution in [-0.2, 0) is 4.79 Å². The lowest BCUT2D eigenvalue weighted by Gasteiger charge is -2.28. The van der Waals surface area contributed by atoms with Gasteiger partial charge in [0, 0.05) is 18.6 Å². The van der Waals surface area contributed by atoms with Gasteiger partial charge in [-0.1, -0.05) is 12.8 Å². The Morgan fingerprint density at radius 3 is 2.78 bits per heavy atom. The van der Waals surface area contributed by atoms with Gasteiger partial charge in [0.2, 0.25) is 5.91 Å². The summed E-state index contributed by atoms with van der Waals surface area (Å²) in [5, 5.41) is 3.36. The lowest BCUT2D eigenvalue weighted by molar-refractivity contribution is -0.120. The van der Waals surface area contributed by atoms with Crippen molar-refractivity contribution in [3.8, 4) is 0 Å². The highest BCUT2D eigenvalue weighted by Gasteiger charge is 2.28. The van der Waals surface area contributed by atoms with Crippen LogP contribution < -0.4 is 11.1 Å². The van der Waals surface area contributed by atoms with Gasteiger partial charge in [-0.2, -0.15) is 0 Å². The normalized spacial score (nSPS) is 27.7. The van der Waals surface area contributed by atoms with Crippen LogP contribution in [0.25, 0.3) is 0 Å². The van der Waals surface area contributed by atoms with E-state index in [0.29, 0.717) is 12.1 Å². The van der Waals surface area contributed by atoms with Gasteiger partial charge in [0.25, 0.3) is 0 Å². The number of nitrogens with two attached hydrogens (primary N) is 1. The summed E-state index contributed by atoms with van der Waals surface area (Å²) in [5.41, 5.74) is 5.47. The van der Waals surface area contributed by atoms with Crippen molar-refractivity contribution in [3.63, 3.8) is 0 Å². The van der Waals surface area contributed by atoms with Gasteiger partial charge in [-0.15, -0.1) is 0 Å². The summed E-state index contributed by atoms with van der Waals surface area (Å²) in [5.74, 6) is -0.190. The van der Waals surface area contributed by atoms with Crippen molar-refractivity contribution in [2.45, 2.75) is 70.0 Å². The van der Waals surface area contributed by atoms with Crippen molar-refractivity contribution in [1.82, 2.24) is 10.2 Å². The Morgan fingerprint density at radius 2 is 2.11 bits per heavy atom. The van der Waals surface area contributed by atoms with Gasteiger partial charge in [0.1, 0.15) is 0 Å². The fraction of sp³-hybridized carbons (Fsp3) is 0.929. The minimum Gasteiger partial charge on any atom is -0.368 e. The van der Waals surface area contributed by atoms with Crippen LogP contribution in [0, 0.1) is 0 Å². The van der Waals surface area contributed by atoms with Gasteiger partial charge in [-0.3, -0.25) is 4.79 Å². The maximum atomic E-state index is 11.4. The molecule has 18 heavy (non-hydrogen) atoms. The highest BCUT2D eigenvalue weighted by Crippen LogP contribution is 2.21. The van der Waals surface area contributed by atoms with Gasteiger partial charge in [-0.25, -0.2) is 0 Å². The summed E-state index contributed by atoms with van der Waals surface area (Å²) in [6.07, 6.45) is 8.53. The third kappa shape index (κ3) is 4.25. The fourth-order valence-electron chi connectivity index (χ4n) is 2.80. The molecule has 1 aliphatic carbocycles. The Bertz CT molecular complexity index is 278. The van der Waals surface area contributed by atoms with Crippen LogP contribution >= 0.6 is 0 Å². The molecular formula is C14H27N3O. The number of likely N-dealkylation sites (tertiary alicyclic amines) is 1. The molecule has 1 amide bonds. The summed E-state index contributed by atoms with van der Waals surface area (Å²) in [4.78, 5) is 14.0. The van der Waals surface area contributed by atoms with Gasteiger partial charge in [-0.05, 0) is 45.6 Å². The zero-order chi connectivity index (χ0) is 13.0. The quantitative estimate of drug-likeness (QED) is 0.749. The summed E-state index contributed by atoms with van der Waals surface area (Å²) in [6.45, 7) is 4.48. The van der Waals surface area contributed by atoms with E-state index in [2.05, 4.69) is 17.1 Å². The average Bonchev–Trinajstić information content (AvgIpc) is 3.13. The number of rotatable bonds is 6. The Hall–Kier alpha value is -0.610. The van der Waals surface area contributed by atoms with Crippen molar-refractivity contribution in [2.75, 3.05) is 13.1 Å². The average molecular weight is 253 g/mol. The molecule has 2 rings (SSSR count). The Morgan fingerprint density at radius 1 is 1.33 bits per heavy atom. The number of primary amides is 1. The predicted octanol–water partition coefficient (Wildman–Crippen LogP) is 1.25. The first-order valence-corrected chi connectivity index (χ1v) is 7.46. The Labute approximate surface area is 110 Å². The molecule has 2 unspecified atom stereocenters. The van der Waals surface area contributed by atoms with Crippen LogP contribution in [0.15, 0.2) is 0 Å². The predicted molar refractivity (Wildman–Crippen MR) is 73.3 cm³/mol. The van der Waals surface area contributed by atoms with Crippen molar-refractivity contribution < 1.29 is 4.79 Å². The molecule has 1 aliphatic heterocycles. The largest absolute Gasteiger partial charge is 0.368 e. The molecule has 0 radical (unpaired) electrons. The van der Waals surface area contributed by atoms with Gasteiger partial charge in [0.15, 0.2) is 0 Å². The number of hydrogen-bond donors (Lipinski definition) is 2. The van der Waals surface area contributed by atoms with Gasteiger partial charge in [0.05, 0.1) is 6.04 Å². The summed E-state index contributed by atoms with van der Waals surface area (Å²) < 4.78 is 0. The number of nitrogens with zero attached hydrogens (tertiary/aromatic N) is 1. The number of carbonyl (C=O) groups excluding carboxylic acids is 1. The molecule has 0 aromatic carbocycles. The lowest BCUT2D eigenvalue weighted by Crippen LogP contribution is -2.45. The Kier molecular flexibility index (Phi) is 5.01. The van der Waals surface area contributed by atoms with Crippen LogP contribution in [0.3, 0.4) is 0 Å². The fourth-order valence-corrected chi connectivity index (χ4v) is 2.80. The molecule has 1 saturated carbocycles. The molecule has 1 heterocycles. The zero-order valence-corrected chi connectivity index (χ0v) is 11.5. The molecule has 4 nitrogen and oxygen atoms in total. The molecule has 4 heteroatoms. The van der Waals surface area contributed by atoms with E-state index in [9.17, 15) is 4.79 Å². The molecule has 2 fully saturated rings. The SMILES string of the molecule is CC1CCCCCN1CCC(NC1CC1)C(N)=O. The van der Waals surface area contributed by atoms with E-state index in [1.807, 2.05) is 0 Å². The summed E-state index contributed by atoms with van der Waals surface area (Å²) in [6, 6.07) is 1.07. The molecule has 0 aromatic heterocycles. The van der Waals surface area contributed by atoms with E-state index in [0.717, 1.165) is 13.0 Å². The summed E-state index contributed by atoms with van der Waals surface area (Å²) in [7, 11) is 0. The van der Waals surface area contributed by atoms with Crippen molar-refractivity contribution >= 4 is 5.91 Å². The van der Waals surface area contributed by atoms with Crippen molar-refractivity contribution in [2.24, 2.45) is 5.73 Å². The number of carbonyl (C=O) groups is 1. The highest BCUT2D eigenvalue weighted by molar-refractivity contribution is 5.79. The molecule has 3 N–H and O–H groups in total. The molecule has 1 saturated heterocycles. The molecule has 2 aliphatic rings. The maximum absolute atomic E-state index is 11.4. The second-order valence-electron chi connectivity index (χ2n) is 5.92. The van der Waals surface area contributed by atoms with Gasteiger partial charge >= 0.3 is 0 Å². The van der Waals surface area contributed by atoms with Crippen LogP contribution in [0.5, 0.6) is 0 Å². The first kappa shape index (κ1) is 13.8. The first-order valence-electron chi connectivity index (χ1n) is 7.46. The monoisotopic (exact) mass is 253 g/mol. The zero-order valence-electron chi connectivity index (χ0n) is 11.5. The number of amides is 1. The molecular weight excluding hydrogens is 226 g/mol. The minimum atomic E-state index is -0.190. The number of hydrogen-bond acceptors (Lipinski definition) is 3. The van der Waals surface area contributed by atoms with Crippen LogP contribution in [0.2, 0.25) is 0 Å². The third-order valence-corrected chi connectivity index (χ3v) is 4.25. The van der Waals surface area contributed by atoms with Crippen molar-refractivity contribution in [3.05, 3.63) is 0 Å². The minimum absolute atomic E-state index is 0.132. The smallest absolute Gasteiger partial charge is 0.234 e. The highest BCUT2D eigenvalue weighted by atomic mass is 16.1. The standard InChI is InChI=1S/C14H27N3O/c1-11-5-3-2-4-9-17(11)10-8-13(14(15)18)16-12-6-7-12/h11-13,16H,2-10H2,1H3,(H2,15,18). The molecule has 2 atom stereocenters. The molecule has 0 spiro atoms. The topological polar surface area (TPSA) is 58.4 Å². The lowest BCUT2D eigenvalue weighted by atomic mass is 10.1. The molecule has 104 valence electrons. The van der Waals surface area contributed by atoms with Crippen LogP contribution in [0.1, 0.15) is 51.9 Å². The second kappa shape index (κ2) is 6.53. The van der Waals surface area contributed by atoms with Gasteiger partial charge < -0.3 is 16.0 Å². The first-order chi connectivity index (χ1) is 8.66. The van der Waals surface area contributed by atoms with E-state index in [1.165, 1.54) is 45.1 Å². The molecule has 0 aromatic rings. The van der Waals surface area contributed by atoms with E-state index >= 15 is 0 Å². The van der Waals surface area contributed by atoms with E-state index in [1.54, 1.807) is 0 Å². The van der Waals surface area contributed by atoms with E-state index < -0.39 is 0 Å². The maximum Gasteiger partial charge on any atom is 0.234 e. The van der Waals surface area contributed by atoms with Crippen LogP contribution in [-0.4, -0.2) is 42.0 Å². The number of nitrogens with one attached hydrogen (secondary N) is 1. The van der Waals surface area contributed by atoms with Crippen molar-refractivity contribution in [1.29, 1.82) is 0 Å². The third-order valence-electron chi connectivity index (χ3n) is 4.25. The second-order valence-corrected chi connectivity index (χ2v) is 5.92. The molecule has 0 bridgehead atoms. The van der Waals surface area contributed by atoms with E-state index in [-0.39, 0.29) is 11.9 Å². The van der Waals surface area contributed by atoms with E-state index in [4.69, 9.17) is 5.73 Å². The van der Waals surface area contributed by atoms with Crippen LogP contribution in [0.4, 0.5) is 0 Å². The Balaban J connectivity index is 1.77. The summed E-state index contributed by atoms with van der Waals surface area (Å²) >= 11 is 0.